The zero-order chi connectivity index (χ0) is 19.8. The third-order valence-corrected chi connectivity index (χ3v) is 4.33. The van der Waals surface area contributed by atoms with Crippen LogP contribution in [0.15, 0.2) is 40.9 Å². The first-order valence-electron chi connectivity index (χ1n) is 8.63. The van der Waals surface area contributed by atoms with Crippen molar-refractivity contribution in [3.05, 3.63) is 52.0 Å². The number of amides is 1. The van der Waals surface area contributed by atoms with Crippen LogP contribution >= 0.6 is 15.9 Å². The predicted molar refractivity (Wildman–Crippen MR) is 109 cm³/mol. The molecule has 0 radical (unpaired) electrons. The molecule has 1 amide bonds. The molecule has 3 N–H and O–H groups in total. The number of hydrogen-bond acceptors (Lipinski definition) is 5. The molecule has 6 nitrogen and oxygen atoms in total. The molecule has 146 valence electrons. The lowest BCUT2D eigenvalue weighted by atomic mass is 10.2. The summed E-state index contributed by atoms with van der Waals surface area (Å²) in [6.45, 7) is 4.65. The number of ether oxygens (including phenoxy) is 2. The molecule has 2 aromatic rings. The quantitative estimate of drug-likeness (QED) is 0.562. The van der Waals surface area contributed by atoms with Gasteiger partial charge in [0.1, 0.15) is 0 Å². The van der Waals surface area contributed by atoms with Gasteiger partial charge in [0.25, 0.3) is 5.91 Å². The molecule has 0 saturated heterocycles. The van der Waals surface area contributed by atoms with Gasteiger partial charge in [0.05, 0.1) is 17.7 Å². The van der Waals surface area contributed by atoms with E-state index in [-0.39, 0.29) is 12.5 Å². The SMILES string of the molecule is COc1cc(CNC[C@@H](C)O)cc(Br)c1OCC(=O)Nc1ccc(C)cc1. The molecule has 2 aromatic carbocycles. The Hall–Kier alpha value is -2.09. The Labute approximate surface area is 168 Å². The van der Waals surface area contributed by atoms with Gasteiger partial charge in [0.2, 0.25) is 0 Å². The number of aryl methyl sites for hydroxylation is 1. The van der Waals surface area contributed by atoms with Crippen LogP contribution in [0.25, 0.3) is 0 Å². The Balaban J connectivity index is 1.98. The zero-order valence-electron chi connectivity index (χ0n) is 15.7. The second kappa shape index (κ2) is 10.3. The second-order valence-corrected chi connectivity index (χ2v) is 7.15. The minimum absolute atomic E-state index is 0.136. The molecule has 0 heterocycles. The van der Waals surface area contributed by atoms with Gasteiger partial charge in [-0.05, 0) is 59.6 Å². The molecule has 1 atom stereocenters. The van der Waals surface area contributed by atoms with Crippen LogP contribution in [0.5, 0.6) is 11.5 Å². The summed E-state index contributed by atoms with van der Waals surface area (Å²) in [6, 6.07) is 11.3. The number of halogens is 1. The zero-order valence-corrected chi connectivity index (χ0v) is 17.3. The van der Waals surface area contributed by atoms with Gasteiger partial charge < -0.3 is 25.2 Å². The van der Waals surface area contributed by atoms with Crippen LogP contribution in [-0.2, 0) is 11.3 Å². The maximum Gasteiger partial charge on any atom is 0.262 e. The number of methoxy groups -OCH3 is 1. The fraction of sp³-hybridized carbons (Fsp3) is 0.350. The Morgan fingerprint density at radius 1 is 1.26 bits per heavy atom. The van der Waals surface area contributed by atoms with Gasteiger partial charge in [-0.3, -0.25) is 4.79 Å². The van der Waals surface area contributed by atoms with E-state index in [1.807, 2.05) is 43.3 Å². The van der Waals surface area contributed by atoms with Crippen molar-refractivity contribution < 1.29 is 19.4 Å². The molecule has 0 bridgehead atoms. The highest BCUT2D eigenvalue weighted by Crippen LogP contribution is 2.36. The van der Waals surface area contributed by atoms with Crippen molar-refractivity contribution in [2.24, 2.45) is 0 Å². The van der Waals surface area contributed by atoms with Gasteiger partial charge in [0, 0.05) is 18.8 Å². The Morgan fingerprint density at radius 3 is 2.59 bits per heavy atom. The lowest BCUT2D eigenvalue weighted by Crippen LogP contribution is -2.24. The van der Waals surface area contributed by atoms with E-state index in [9.17, 15) is 9.90 Å². The molecule has 27 heavy (non-hydrogen) atoms. The van der Waals surface area contributed by atoms with Crippen molar-refractivity contribution in [2.45, 2.75) is 26.5 Å². The van der Waals surface area contributed by atoms with E-state index >= 15 is 0 Å². The van der Waals surface area contributed by atoms with Crippen LogP contribution in [-0.4, -0.2) is 37.4 Å². The summed E-state index contributed by atoms with van der Waals surface area (Å²) < 4.78 is 11.8. The lowest BCUT2D eigenvalue weighted by Gasteiger charge is -2.15. The van der Waals surface area contributed by atoms with Crippen LogP contribution in [0.2, 0.25) is 0 Å². The average molecular weight is 437 g/mol. The first-order chi connectivity index (χ1) is 12.9. The number of rotatable bonds is 9. The van der Waals surface area contributed by atoms with E-state index in [1.165, 1.54) is 0 Å². The number of hydrogen-bond donors (Lipinski definition) is 3. The van der Waals surface area contributed by atoms with Gasteiger partial charge in [0.15, 0.2) is 18.1 Å². The number of carbonyl (C=O) groups excluding carboxylic acids is 1. The van der Waals surface area contributed by atoms with Gasteiger partial charge in [-0.15, -0.1) is 0 Å². The summed E-state index contributed by atoms with van der Waals surface area (Å²) >= 11 is 3.47. The minimum Gasteiger partial charge on any atom is -0.493 e. The van der Waals surface area contributed by atoms with Crippen molar-refractivity contribution in [1.29, 1.82) is 0 Å². The number of aliphatic hydroxyl groups is 1. The van der Waals surface area contributed by atoms with E-state index in [0.717, 1.165) is 16.8 Å². The Kier molecular flexibility index (Phi) is 8.09. The molecule has 0 saturated carbocycles. The highest BCUT2D eigenvalue weighted by Gasteiger charge is 2.14. The topological polar surface area (TPSA) is 79.8 Å². The van der Waals surface area contributed by atoms with Crippen molar-refractivity contribution in [3.8, 4) is 11.5 Å². The lowest BCUT2D eigenvalue weighted by molar-refractivity contribution is -0.118. The maximum atomic E-state index is 12.1. The van der Waals surface area contributed by atoms with Crippen molar-refractivity contribution >= 4 is 27.5 Å². The normalized spacial score (nSPS) is 11.7. The monoisotopic (exact) mass is 436 g/mol. The predicted octanol–water partition coefficient (Wildman–Crippen LogP) is 3.25. The highest BCUT2D eigenvalue weighted by atomic mass is 79.9. The molecule has 0 aliphatic carbocycles. The largest absolute Gasteiger partial charge is 0.493 e. The van der Waals surface area contributed by atoms with E-state index in [2.05, 4.69) is 26.6 Å². The van der Waals surface area contributed by atoms with Gasteiger partial charge in [-0.2, -0.15) is 0 Å². The molecule has 2 rings (SSSR count). The van der Waals surface area contributed by atoms with Crippen LogP contribution < -0.4 is 20.1 Å². The van der Waals surface area contributed by atoms with Gasteiger partial charge >= 0.3 is 0 Å². The molecule has 0 aliphatic rings. The van der Waals surface area contributed by atoms with Gasteiger partial charge in [-0.1, -0.05) is 17.7 Å². The third-order valence-electron chi connectivity index (χ3n) is 3.74. The number of carbonyl (C=O) groups is 1. The van der Waals surface area contributed by atoms with Crippen molar-refractivity contribution in [1.82, 2.24) is 5.32 Å². The third kappa shape index (κ3) is 6.86. The summed E-state index contributed by atoms with van der Waals surface area (Å²) in [5, 5.41) is 15.3. The van der Waals surface area contributed by atoms with Crippen molar-refractivity contribution in [2.75, 3.05) is 25.6 Å². The Morgan fingerprint density at radius 2 is 1.96 bits per heavy atom. The summed E-state index contributed by atoms with van der Waals surface area (Å²) in [5.74, 6) is 0.743. The fourth-order valence-electron chi connectivity index (χ4n) is 2.41. The molecule has 0 aromatic heterocycles. The van der Waals surface area contributed by atoms with Crippen LogP contribution in [0.1, 0.15) is 18.1 Å². The van der Waals surface area contributed by atoms with Gasteiger partial charge in [-0.25, -0.2) is 0 Å². The maximum absolute atomic E-state index is 12.1. The van der Waals surface area contributed by atoms with E-state index < -0.39 is 6.10 Å². The number of anilines is 1. The standard InChI is InChI=1S/C20H25BrN2O4/c1-13-4-6-16(7-5-13)23-19(25)12-27-20-17(21)8-15(9-18(20)26-3)11-22-10-14(2)24/h4-9,14,22,24H,10-12H2,1-3H3,(H,23,25)/t14-/m1/s1. The number of nitrogens with one attached hydrogen (secondary N) is 2. The fourth-order valence-corrected chi connectivity index (χ4v) is 3.02. The first-order valence-corrected chi connectivity index (χ1v) is 9.43. The molecule has 0 aliphatic heterocycles. The molecule has 7 heteroatoms. The van der Waals surface area contributed by atoms with E-state index in [4.69, 9.17) is 9.47 Å². The average Bonchev–Trinajstić information content (AvgIpc) is 2.62. The Bertz CT molecular complexity index is 763. The first kappa shape index (κ1) is 21.2. The second-order valence-electron chi connectivity index (χ2n) is 6.29. The van der Waals surface area contributed by atoms with E-state index in [1.54, 1.807) is 14.0 Å². The number of benzene rings is 2. The summed E-state index contributed by atoms with van der Waals surface area (Å²) in [6.07, 6.45) is -0.412. The molecule has 0 fully saturated rings. The highest BCUT2D eigenvalue weighted by molar-refractivity contribution is 9.10. The molecular formula is C20H25BrN2O4. The summed E-state index contributed by atoms with van der Waals surface area (Å²) in [5.41, 5.74) is 2.82. The van der Waals surface area contributed by atoms with Crippen LogP contribution in [0.4, 0.5) is 5.69 Å². The summed E-state index contributed by atoms with van der Waals surface area (Å²) in [4.78, 5) is 12.1. The van der Waals surface area contributed by atoms with Crippen LogP contribution in [0, 0.1) is 6.92 Å². The summed E-state index contributed by atoms with van der Waals surface area (Å²) in [7, 11) is 1.55. The molecule has 0 unspecified atom stereocenters. The molecule has 0 spiro atoms. The smallest absolute Gasteiger partial charge is 0.262 e. The number of aliphatic hydroxyl groups excluding tert-OH is 1. The van der Waals surface area contributed by atoms with Crippen molar-refractivity contribution in [3.63, 3.8) is 0 Å². The van der Waals surface area contributed by atoms with Crippen LogP contribution in [0.3, 0.4) is 0 Å². The minimum atomic E-state index is -0.412. The van der Waals surface area contributed by atoms with E-state index in [0.29, 0.717) is 29.1 Å². The molecular weight excluding hydrogens is 412 g/mol.